The molecule has 0 unspecified atom stereocenters. The molecule has 3 aromatic rings. The second-order valence-corrected chi connectivity index (χ2v) is 4.09. The number of hydrogen-bond acceptors (Lipinski definition) is 6. The SMILES string of the molecule is O=[N+]([O-])c1cccc(Oc2nc(Cl)nc3nc[nH]c23)c1. The second kappa shape index (κ2) is 4.74. The van der Waals surface area contributed by atoms with Gasteiger partial charge in [0.05, 0.1) is 17.3 Å². The van der Waals surface area contributed by atoms with E-state index in [1.807, 2.05) is 0 Å². The van der Waals surface area contributed by atoms with Crippen molar-refractivity contribution in [2.45, 2.75) is 0 Å². The van der Waals surface area contributed by atoms with Gasteiger partial charge in [0, 0.05) is 6.07 Å². The van der Waals surface area contributed by atoms with Crippen LogP contribution in [0.25, 0.3) is 11.2 Å². The number of nitro benzene ring substituents is 1. The first-order valence-electron chi connectivity index (χ1n) is 5.42. The first-order valence-corrected chi connectivity index (χ1v) is 5.80. The first kappa shape index (κ1) is 12.3. The number of nitrogens with zero attached hydrogens (tertiary/aromatic N) is 4. The van der Waals surface area contributed by atoms with Gasteiger partial charge in [0.1, 0.15) is 11.3 Å². The normalized spacial score (nSPS) is 10.7. The summed E-state index contributed by atoms with van der Waals surface area (Å²) in [5.74, 6) is 0.419. The van der Waals surface area contributed by atoms with Gasteiger partial charge in [-0.05, 0) is 17.7 Å². The van der Waals surface area contributed by atoms with Crippen LogP contribution in [0.1, 0.15) is 0 Å². The molecule has 1 aromatic carbocycles. The fourth-order valence-corrected chi connectivity index (χ4v) is 1.78. The summed E-state index contributed by atoms with van der Waals surface area (Å²) in [5, 5.41) is 10.7. The molecule has 1 N–H and O–H groups in total. The van der Waals surface area contributed by atoms with E-state index >= 15 is 0 Å². The number of non-ortho nitro benzene ring substituents is 1. The van der Waals surface area contributed by atoms with Crippen molar-refractivity contribution >= 4 is 28.5 Å². The molecule has 0 aliphatic heterocycles. The number of benzene rings is 1. The van der Waals surface area contributed by atoms with Crippen molar-refractivity contribution in [3.05, 3.63) is 46.0 Å². The molecule has 0 fully saturated rings. The summed E-state index contributed by atoms with van der Waals surface area (Å²) >= 11 is 5.76. The van der Waals surface area contributed by atoms with E-state index in [0.29, 0.717) is 11.2 Å². The molecule has 0 bridgehead atoms. The van der Waals surface area contributed by atoms with Crippen LogP contribution in [0.4, 0.5) is 5.69 Å². The topological polar surface area (TPSA) is 107 Å². The molecule has 20 heavy (non-hydrogen) atoms. The Hall–Kier alpha value is -2.74. The molecule has 9 heteroatoms. The molecule has 0 aliphatic rings. The third-order valence-corrected chi connectivity index (χ3v) is 2.64. The molecule has 2 aromatic heterocycles. The highest BCUT2D eigenvalue weighted by Crippen LogP contribution is 2.28. The quantitative estimate of drug-likeness (QED) is 0.451. The van der Waals surface area contributed by atoms with E-state index in [9.17, 15) is 10.1 Å². The number of aromatic nitrogens is 4. The van der Waals surface area contributed by atoms with Crippen molar-refractivity contribution in [3.63, 3.8) is 0 Å². The molecule has 0 atom stereocenters. The molecule has 0 radical (unpaired) electrons. The number of aromatic amines is 1. The van der Waals surface area contributed by atoms with Gasteiger partial charge in [0.15, 0.2) is 5.65 Å². The summed E-state index contributed by atoms with van der Waals surface area (Å²) in [5.41, 5.74) is 0.731. The standard InChI is InChI=1S/C11H6ClN5O3/c12-11-15-9-8(13-5-14-9)10(16-11)20-7-3-1-2-6(4-7)17(18)19/h1-5H,(H,13,14,15,16). The number of nitrogens with one attached hydrogen (secondary N) is 1. The maximum Gasteiger partial charge on any atom is 0.273 e. The third kappa shape index (κ3) is 2.24. The number of imidazole rings is 1. The summed E-state index contributed by atoms with van der Waals surface area (Å²) in [4.78, 5) is 24.8. The Balaban J connectivity index is 2.02. The fourth-order valence-electron chi connectivity index (χ4n) is 1.63. The van der Waals surface area contributed by atoms with Crippen LogP contribution in [0, 0.1) is 10.1 Å². The van der Waals surface area contributed by atoms with E-state index in [4.69, 9.17) is 16.3 Å². The molecular weight excluding hydrogens is 286 g/mol. The molecule has 0 aliphatic carbocycles. The Morgan fingerprint density at radius 3 is 3.00 bits per heavy atom. The van der Waals surface area contributed by atoms with E-state index in [2.05, 4.69) is 19.9 Å². The zero-order valence-electron chi connectivity index (χ0n) is 9.78. The number of hydrogen-bond donors (Lipinski definition) is 1. The van der Waals surface area contributed by atoms with E-state index in [1.165, 1.54) is 24.5 Å². The van der Waals surface area contributed by atoms with Crippen molar-refractivity contribution < 1.29 is 9.66 Å². The maximum absolute atomic E-state index is 10.7. The molecule has 0 amide bonds. The molecular formula is C11H6ClN5O3. The Kier molecular flexibility index (Phi) is 2.92. The van der Waals surface area contributed by atoms with Crippen molar-refractivity contribution in [1.82, 2.24) is 19.9 Å². The van der Waals surface area contributed by atoms with Gasteiger partial charge in [0.2, 0.25) is 11.2 Å². The highest BCUT2D eigenvalue weighted by Gasteiger charge is 2.13. The number of halogens is 1. The summed E-state index contributed by atoms with van der Waals surface area (Å²) < 4.78 is 5.51. The third-order valence-electron chi connectivity index (χ3n) is 2.47. The molecule has 0 saturated heterocycles. The average molecular weight is 292 g/mol. The van der Waals surface area contributed by atoms with Gasteiger partial charge < -0.3 is 9.72 Å². The van der Waals surface area contributed by atoms with Crippen LogP contribution >= 0.6 is 11.6 Å². The molecule has 100 valence electrons. The van der Waals surface area contributed by atoms with Gasteiger partial charge in [-0.2, -0.15) is 9.97 Å². The van der Waals surface area contributed by atoms with Crippen LogP contribution in [0.2, 0.25) is 5.28 Å². The van der Waals surface area contributed by atoms with Gasteiger partial charge in [-0.1, -0.05) is 6.07 Å². The van der Waals surface area contributed by atoms with Gasteiger partial charge in [-0.25, -0.2) is 4.98 Å². The first-order chi connectivity index (χ1) is 9.63. The Labute approximate surface area is 116 Å². The lowest BCUT2D eigenvalue weighted by Crippen LogP contribution is -1.94. The molecule has 0 saturated carbocycles. The average Bonchev–Trinajstić information content (AvgIpc) is 2.87. The maximum atomic E-state index is 10.7. The second-order valence-electron chi connectivity index (χ2n) is 3.76. The lowest BCUT2D eigenvalue weighted by atomic mass is 10.3. The zero-order chi connectivity index (χ0) is 14.1. The summed E-state index contributed by atoms with van der Waals surface area (Å²) in [6.07, 6.45) is 1.43. The molecule has 3 rings (SSSR count). The van der Waals surface area contributed by atoms with Crippen LogP contribution < -0.4 is 4.74 Å². The smallest absolute Gasteiger partial charge is 0.273 e. The Morgan fingerprint density at radius 2 is 2.20 bits per heavy atom. The fraction of sp³-hybridized carbons (Fsp3) is 0. The van der Waals surface area contributed by atoms with Gasteiger partial charge in [0.25, 0.3) is 5.69 Å². The number of nitro groups is 1. The predicted octanol–water partition coefficient (Wildman–Crippen LogP) is 2.71. The van der Waals surface area contributed by atoms with E-state index in [0.717, 1.165) is 0 Å². The highest BCUT2D eigenvalue weighted by molar-refractivity contribution is 6.28. The minimum atomic E-state index is -0.508. The minimum absolute atomic E-state index is 0.0231. The predicted molar refractivity (Wildman–Crippen MR) is 69.9 cm³/mol. The highest BCUT2D eigenvalue weighted by atomic mass is 35.5. The summed E-state index contributed by atoms with van der Waals surface area (Å²) in [6, 6.07) is 5.75. The number of rotatable bonds is 3. The summed E-state index contributed by atoms with van der Waals surface area (Å²) in [6.45, 7) is 0. The van der Waals surface area contributed by atoms with Crippen LogP contribution in [0.5, 0.6) is 11.6 Å². The van der Waals surface area contributed by atoms with Crippen molar-refractivity contribution in [2.24, 2.45) is 0 Å². The van der Waals surface area contributed by atoms with Crippen molar-refractivity contribution in [1.29, 1.82) is 0 Å². The number of H-pyrrole nitrogens is 1. The Bertz CT molecular complexity index is 804. The van der Waals surface area contributed by atoms with Crippen LogP contribution in [-0.4, -0.2) is 24.9 Å². The van der Waals surface area contributed by atoms with Crippen LogP contribution in [-0.2, 0) is 0 Å². The lowest BCUT2D eigenvalue weighted by molar-refractivity contribution is -0.384. The monoisotopic (exact) mass is 291 g/mol. The van der Waals surface area contributed by atoms with Gasteiger partial charge in [-0.3, -0.25) is 10.1 Å². The zero-order valence-corrected chi connectivity index (χ0v) is 10.5. The Morgan fingerprint density at radius 1 is 1.35 bits per heavy atom. The van der Waals surface area contributed by atoms with Crippen molar-refractivity contribution in [2.75, 3.05) is 0 Å². The largest absolute Gasteiger partial charge is 0.437 e. The number of fused-ring (bicyclic) bond motifs is 1. The molecule has 8 nitrogen and oxygen atoms in total. The van der Waals surface area contributed by atoms with Gasteiger partial charge >= 0.3 is 0 Å². The van der Waals surface area contributed by atoms with E-state index in [-0.39, 0.29) is 22.6 Å². The number of ether oxygens (including phenoxy) is 1. The minimum Gasteiger partial charge on any atom is -0.437 e. The summed E-state index contributed by atoms with van der Waals surface area (Å²) in [7, 11) is 0. The van der Waals surface area contributed by atoms with E-state index in [1.54, 1.807) is 6.07 Å². The lowest BCUT2D eigenvalue weighted by Gasteiger charge is -2.05. The van der Waals surface area contributed by atoms with Gasteiger partial charge in [-0.15, -0.1) is 0 Å². The molecule has 2 heterocycles. The van der Waals surface area contributed by atoms with Crippen LogP contribution in [0.3, 0.4) is 0 Å². The van der Waals surface area contributed by atoms with Crippen molar-refractivity contribution in [3.8, 4) is 11.6 Å². The molecule has 0 spiro atoms. The van der Waals surface area contributed by atoms with Crippen LogP contribution in [0.15, 0.2) is 30.6 Å². The van der Waals surface area contributed by atoms with E-state index < -0.39 is 4.92 Å².